The third-order valence-corrected chi connectivity index (χ3v) is 10.4. The average Bonchev–Trinajstić information content (AvgIpc) is 2.26. The molecule has 0 unspecified atom stereocenters. The Balaban J connectivity index is 2.67. The molecule has 1 aliphatic rings. The fraction of sp³-hybridized carbons (Fsp3) is 0.875. The van der Waals surface area contributed by atoms with Gasteiger partial charge in [-0.15, -0.1) is 0 Å². The van der Waals surface area contributed by atoms with Crippen LogP contribution in [0.5, 0.6) is 0 Å². The first kappa shape index (κ1) is 11.5. The van der Waals surface area contributed by atoms with E-state index in [-0.39, 0.29) is 22.0 Å². The van der Waals surface area contributed by atoms with E-state index in [1.54, 1.807) is 0 Å². The van der Waals surface area contributed by atoms with Crippen LogP contribution < -0.4 is 0 Å². The Morgan fingerprint density at radius 2 is 2.15 bits per heavy atom. The summed E-state index contributed by atoms with van der Waals surface area (Å²) in [6.45, 7) is 6.63. The lowest BCUT2D eigenvalue weighted by atomic mass is 10.2. The van der Waals surface area contributed by atoms with Gasteiger partial charge in [0.1, 0.15) is 12.2 Å². The highest BCUT2D eigenvalue weighted by Crippen LogP contribution is 2.29. The van der Waals surface area contributed by atoms with Crippen LogP contribution in [-0.2, 0) is 9.53 Å². The molecule has 0 saturated carbocycles. The van der Waals surface area contributed by atoms with E-state index in [1.807, 2.05) is 0 Å². The number of hydrogen-bond donors (Lipinski definition) is 1. The number of cyclic esters (lactones) is 1. The number of ether oxygens (including phenoxy) is 1. The molecule has 5 heteroatoms. The minimum Gasteiger partial charge on any atom is -0.459 e. The number of alkyl halides is 1. The average molecular weight is 314 g/mol. The number of rotatable bonds is 2. The van der Waals surface area contributed by atoms with Gasteiger partial charge in [-0.05, 0) is 0 Å². The summed E-state index contributed by atoms with van der Waals surface area (Å²) >= 11 is 2.30. The monoisotopic (exact) mass is 314 g/mol. The first-order valence-corrected chi connectivity index (χ1v) is 9.16. The van der Waals surface area contributed by atoms with Crippen LogP contribution in [0.4, 0.5) is 0 Å². The van der Waals surface area contributed by atoms with Gasteiger partial charge < -0.3 is 9.84 Å². The smallest absolute Gasteiger partial charge is 0.308 e. The van der Waals surface area contributed by atoms with Crippen LogP contribution in [-0.4, -0.2) is 34.9 Å². The summed E-state index contributed by atoms with van der Waals surface area (Å²) < 4.78 is 5.38. The summed E-state index contributed by atoms with van der Waals surface area (Å²) in [6.07, 6.45) is -0.713. The number of carbonyl (C=O) groups excluding carboxylic acids is 1. The predicted octanol–water partition coefficient (Wildman–Crippen LogP) is 1.34. The third kappa shape index (κ3) is 2.66. The maximum absolute atomic E-state index is 10.9. The fourth-order valence-electron chi connectivity index (χ4n) is 1.31. The van der Waals surface area contributed by atoms with E-state index in [9.17, 15) is 9.90 Å². The van der Waals surface area contributed by atoms with Crippen LogP contribution >= 0.6 is 22.6 Å². The standard InChI is InChI=1S/C8H15IO3Si/c1-13(2,3)8(9)7-5(10)4-6(11)12-7/h5,7-8,10H,4H2,1-3H3/t5-,7+,8-/m1/s1. The molecule has 0 aromatic rings. The molecule has 1 N–H and O–H groups in total. The topological polar surface area (TPSA) is 46.5 Å². The molecular weight excluding hydrogens is 299 g/mol. The summed E-state index contributed by atoms with van der Waals surface area (Å²) in [5.41, 5.74) is 0. The van der Waals surface area contributed by atoms with E-state index in [0.717, 1.165) is 0 Å². The molecule has 0 radical (unpaired) electrons. The van der Waals surface area contributed by atoms with Gasteiger partial charge in [-0.25, -0.2) is 0 Å². The Labute approximate surface area is 93.0 Å². The molecule has 1 heterocycles. The maximum Gasteiger partial charge on any atom is 0.308 e. The summed E-state index contributed by atoms with van der Waals surface area (Å²) in [6, 6.07) is 0. The molecule has 0 aliphatic carbocycles. The number of aliphatic hydroxyl groups is 1. The van der Waals surface area contributed by atoms with Crippen molar-refractivity contribution in [3.8, 4) is 0 Å². The number of carbonyl (C=O) groups is 1. The first-order valence-electron chi connectivity index (χ1n) is 4.34. The van der Waals surface area contributed by atoms with Gasteiger partial charge in [0.25, 0.3) is 0 Å². The van der Waals surface area contributed by atoms with Crippen LogP contribution in [0, 0.1) is 0 Å². The van der Waals surface area contributed by atoms with Crippen molar-refractivity contribution >= 4 is 36.6 Å². The van der Waals surface area contributed by atoms with Crippen molar-refractivity contribution in [3.05, 3.63) is 0 Å². The third-order valence-electron chi connectivity index (χ3n) is 2.14. The van der Waals surface area contributed by atoms with Gasteiger partial charge in [-0.1, -0.05) is 42.2 Å². The lowest BCUT2D eigenvalue weighted by Crippen LogP contribution is -2.46. The van der Waals surface area contributed by atoms with Crippen LogP contribution in [0.15, 0.2) is 0 Å². The van der Waals surface area contributed by atoms with Gasteiger partial charge in [0, 0.05) is 3.55 Å². The van der Waals surface area contributed by atoms with Crippen molar-refractivity contribution in [2.24, 2.45) is 0 Å². The molecule has 0 aromatic carbocycles. The van der Waals surface area contributed by atoms with Gasteiger partial charge in [0.15, 0.2) is 0 Å². The Morgan fingerprint density at radius 3 is 2.46 bits per heavy atom. The van der Waals surface area contributed by atoms with Crippen LogP contribution in [0.2, 0.25) is 19.6 Å². The van der Waals surface area contributed by atoms with Gasteiger partial charge in [0.05, 0.1) is 14.5 Å². The van der Waals surface area contributed by atoms with E-state index in [0.29, 0.717) is 0 Å². The van der Waals surface area contributed by atoms with E-state index >= 15 is 0 Å². The fourth-order valence-corrected chi connectivity index (χ4v) is 3.21. The largest absolute Gasteiger partial charge is 0.459 e. The second-order valence-corrected chi connectivity index (χ2v) is 12.4. The normalized spacial score (nSPS) is 31.6. The van der Waals surface area contributed by atoms with Gasteiger partial charge in [0.2, 0.25) is 0 Å². The molecule has 0 bridgehead atoms. The Hall–Kier alpha value is 0.377. The van der Waals surface area contributed by atoms with E-state index in [4.69, 9.17) is 4.74 Å². The van der Waals surface area contributed by atoms with E-state index < -0.39 is 14.2 Å². The highest BCUT2D eigenvalue weighted by Gasteiger charge is 2.43. The van der Waals surface area contributed by atoms with Crippen molar-refractivity contribution in [2.45, 2.75) is 41.8 Å². The number of esters is 1. The zero-order chi connectivity index (χ0) is 10.2. The predicted molar refractivity (Wildman–Crippen MR) is 61.7 cm³/mol. The van der Waals surface area contributed by atoms with Crippen molar-refractivity contribution < 1.29 is 14.6 Å². The van der Waals surface area contributed by atoms with Gasteiger partial charge >= 0.3 is 5.97 Å². The molecule has 1 rings (SSSR count). The lowest BCUT2D eigenvalue weighted by molar-refractivity contribution is -0.141. The molecule has 0 spiro atoms. The second-order valence-electron chi connectivity index (χ2n) is 4.49. The maximum atomic E-state index is 10.9. The highest BCUT2D eigenvalue weighted by molar-refractivity contribution is 14.1. The van der Waals surface area contributed by atoms with Crippen molar-refractivity contribution in [1.82, 2.24) is 0 Å². The van der Waals surface area contributed by atoms with Crippen LogP contribution in [0.3, 0.4) is 0 Å². The molecule has 76 valence electrons. The highest BCUT2D eigenvalue weighted by atomic mass is 127. The first-order chi connectivity index (χ1) is 5.82. The van der Waals surface area contributed by atoms with Crippen molar-refractivity contribution in [3.63, 3.8) is 0 Å². The summed E-state index contributed by atoms with van der Waals surface area (Å²) in [5.74, 6) is -0.266. The van der Waals surface area contributed by atoms with Crippen molar-refractivity contribution in [2.75, 3.05) is 0 Å². The van der Waals surface area contributed by atoms with Crippen LogP contribution in [0.1, 0.15) is 6.42 Å². The van der Waals surface area contributed by atoms with Crippen LogP contribution in [0.25, 0.3) is 0 Å². The van der Waals surface area contributed by atoms with Gasteiger partial charge in [-0.2, -0.15) is 0 Å². The van der Waals surface area contributed by atoms with Gasteiger partial charge in [-0.3, -0.25) is 4.79 Å². The molecule has 3 nitrogen and oxygen atoms in total. The minimum atomic E-state index is -1.35. The molecule has 1 saturated heterocycles. The van der Waals surface area contributed by atoms with E-state index in [1.165, 1.54) is 0 Å². The Kier molecular flexibility index (Phi) is 3.40. The van der Waals surface area contributed by atoms with Crippen molar-refractivity contribution in [1.29, 1.82) is 0 Å². The minimum absolute atomic E-state index is 0.161. The Morgan fingerprint density at radius 1 is 1.62 bits per heavy atom. The summed E-state index contributed by atoms with van der Waals surface area (Å²) in [5, 5.41) is 9.56. The Bertz CT molecular complexity index is 214. The molecule has 1 aliphatic heterocycles. The molecule has 1 fully saturated rings. The summed E-state index contributed by atoms with van der Waals surface area (Å²) in [4.78, 5) is 10.9. The molecule has 13 heavy (non-hydrogen) atoms. The zero-order valence-corrected chi connectivity index (χ0v) is 11.2. The number of aliphatic hydroxyl groups excluding tert-OH is 1. The van der Waals surface area contributed by atoms with E-state index in [2.05, 4.69) is 42.2 Å². The number of hydrogen-bond acceptors (Lipinski definition) is 3. The number of halogens is 1. The molecule has 0 aromatic heterocycles. The summed E-state index contributed by atoms with van der Waals surface area (Å²) in [7, 11) is -1.35. The molecule has 3 atom stereocenters. The molecular formula is C8H15IO3Si. The molecule has 0 amide bonds. The quantitative estimate of drug-likeness (QED) is 0.362. The second kappa shape index (κ2) is 3.86. The SMILES string of the molecule is C[Si](C)(C)[C@@H](I)[C@H]1OC(=O)C[C@H]1O. The lowest BCUT2D eigenvalue weighted by Gasteiger charge is -2.29. The zero-order valence-electron chi connectivity index (χ0n) is 8.08.